The van der Waals surface area contributed by atoms with Gasteiger partial charge in [-0.3, -0.25) is 0 Å². The van der Waals surface area contributed by atoms with Gasteiger partial charge in [-0.15, -0.1) is 0 Å². The molecule has 2 rings (SSSR count). The van der Waals surface area contributed by atoms with Crippen molar-refractivity contribution in [3.63, 3.8) is 0 Å². The largest absolute Gasteiger partial charge is 0.316 e. The Kier molecular flexibility index (Phi) is 1.46. The SMILES string of the molecule is C1C[C]2CCNCC2C1. The molecule has 0 amide bonds. The Morgan fingerprint density at radius 3 is 3.22 bits per heavy atom. The molecule has 0 bridgehead atoms. The van der Waals surface area contributed by atoms with E-state index >= 15 is 0 Å². The number of nitrogens with one attached hydrogen (secondary N) is 1. The van der Waals surface area contributed by atoms with Crippen molar-refractivity contribution in [1.82, 2.24) is 5.32 Å². The van der Waals surface area contributed by atoms with Crippen molar-refractivity contribution in [2.75, 3.05) is 13.1 Å². The van der Waals surface area contributed by atoms with Gasteiger partial charge in [-0.2, -0.15) is 0 Å². The standard InChI is InChI=1S/C8H14N/c1-2-7-4-5-9-6-8(7)3-1/h8-9H,1-6H2. The Bertz CT molecular complexity index is 88.7. The quantitative estimate of drug-likeness (QED) is 0.514. The van der Waals surface area contributed by atoms with Crippen LogP contribution in [0, 0.1) is 11.8 Å². The maximum absolute atomic E-state index is 3.44. The first-order chi connectivity index (χ1) is 4.47. The first kappa shape index (κ1) is 5.72. The van der Waals surface area contributed by atoms with Gasteiger partial charge in [0.25, 0.3) is 0 Å². The zero-order chi connectivity index (χ0) is 6.10. The number of piperidine rings is 1. The Hall–Kier alpha value is -0.0400. The van der Waals surface area contributed by atoms with Gasteiger partial charge in [-0.25, -0.2) is 0 Å². The minimum Gasteiger partial charge on any atom is -0.316 e. The van der Waals surface area contributed by atoms with Crippen LogP contribution >= 0.6 is 0 Å². The first-order valence-electron chi connectivity index (χ1n) is 4.02. The summed E-state index contributed by atoms with van der Waals surface area (Å²) >= 11 is 0. The normalized spacial score (nSPS) is 36.7. The van der Waals surface area contributed by atoms with Crippen molar-refractivity contribution < 1.29 is 0 Å². The third kappa shape index (κ3) is 0.983. The molecule has 1 heterocycles. The van der Waals surface area contributed by atoms with Gasteiger partial charge in [0, 0.05) is 0 Å². The highest BCUT2D eigenvalue weighted by Gasteiger charge is 2.29. The summed E-state index contributed by atoms with van der Waals surface area (Å²) in [5.41, 5.74) is 0. The lowest BCUT2D eigenvalue weighted by Gasteiger charge is -2.24. The van der Waals surface area contributed by atoms with Gasteiger partial charge < -0.3 is 5.32 Å². The zero-order valence-electron chi connectivity index (χ0n) is 5.82. The summed E-state index contributed by atoms with van der Waals surface area (Å²) in [7, 11) is 0. The van der Waals surface area contributed by atoms with Crippen molar-refractivity contribution in [3.05, 3.63) is 5.92 Å². The van der Waals surface area contributed by atoms with Crippen LogP contribution in [0.15, 0.2) is 0 Å². The second-order valence-corrected chi connectivity index (χ2v) is 3.20. The molecule has 0 aromatic rings. The summed E-state index contributed by atoms with van der Waals surface area (Å²) in [5, 5.41) is 3.44. The molecule has 0 aromatic heterocycles. The third-order valence-electron chi connectivity index (χ3n) is 2.64. The van der Waals surface area contributed by atoms with E-state index < -0.39 is 0 Å². The maximum Gasteiger partial charge on any atom is -0.00150 e. The topological polar surface area (TPSA) is 12.0 Å². The molecule has 0 aromatic carbocycles. The van der Waals surface area contributed by atoms with Crippen LogP contribution in [0.4, 0.5) is 0 Å². The van der Waals surface area contributed by atoms with Gasteiger partial charge >= 0.3 is 0 Å². The fourth-order valence-electron chi connectivity index (χ4n) is 2.08. The molecule has 2 aliphatic rings. The number of hydrogen-bond acceptors (Lipinski definition) is 1. The summed E-state index contributed by atoms with van der Waals surface area (Å²) in [6.45, 7) is 2.52. The van der Waals surface area contributed by atoms with Crippen LogP contribution in [0.5, 0.6) is 0 Å². The van der Waals surface area contributed by atoms with Crippen LogP contribution in [-0.4, -0.2) is 13.1 Å². The summed E-state index contributed by atoms with van der Waals surface area (Å²) < 4.78 is 0. The molecule has 1 heteroatoms. The molecule has 1 atom stereocenters. The average Bonchev–Trinajstić information content (AvgIpc) is 2.33. The molecule has 1 saturated heterocycles. The minimum absolute atomic E-state index is 0.971. The highest BCUT2D eigenvalue weighted by molar-refractivity contribution is 5.04. The van der Waals surface area contributed by atoms with E-state index in [2.05, 4.69) is 5.32 Å². The molecule has 2 fully saturated rings. The lowest BCUT2D eigenvalue weighted by molar-refractivity contribution is 0.437. The van der Waals surface area contributed by atoms with E-state index in [1.165, 1.54) is 38.8 Å². The van der Waals surface area contributed by atoms with Gasteiger partial charge in [0.15, 0.2) is 0 Å². The van der Waals surface area contributed by atoms with Gasteiger partial charge in [0.2, 0.25) is 0 Å². The summed E-state index contributed by atoms with van der Waals surface area (Å²) in [6.07, 6.45) is 5.72. The molecular weight excluding hydrogens is 110 g/mol. The Morgan fingerprint density at radius 2 is 2.33 bits per heavy atom. The van der Waals surface area contributed by atoms with E-state index in [1.54, 1.807) is 0 Å². The van der Waals surface area contributed by atoms with Crippen LogP contribution in [0.2, 0.25) is 0 Å². The number of rotatable bonds is 0. The fraction of sp³-hybridized carbons (Fsp3) is 0.875. The van der Waals surface area contributed by atoms with E-state index in [4.69, 9.17) is 0 Å². The van der Waals surface area contributed by atoms with E-state index in [9.17, 15) is 0 Å². The van der Waals surface area contributed by atoms with Crippen LogP contribution < -0.4 is 5.32 Å². The van der Waals surface area contributed by atoms with Crippen molar-refractivity contribution >= 4 is 0 Å². The molecule has 1 saturated carbocycles. The maximum atomic E-state index is 3.44. The predicted octanol–water partition coefficient (Wildman–Crippen LogP) is 1.35. The highest BCUT2D eigenvalue weighted by Crippen LogP contribution is 2.36. The fourth-order valence-corrected chi connectivity index (χ4v) is 2.08. The smallest absolute Gasteiger partial charge is 0.00150 e. The molecule has 1 aliphatic heterocycles. The lowest BCUT2D eigenvalue weighted by Crippen LogP contribution is -2.32. The molecule has 1 N–H and O–H groups in total. The monoisotopic (exact) mass is 124 g/mol. The van der Waals surface area contributed by atoms with Crippen LogP contribution in [-0.2, 0) is 0 Å². The van der Waals surface area contributed by atoms with Crippen molar-refractivity contribution in [2.45, 2.75) is 25.7 Å². The summed E-state index contributed by atoms with van der Waals surface area (Å²) in [5.74, 6) is 2.83. The third-order valence-corrected chi connectivity index (χ3v) is 2.64. The van der Waals surface area contributed by atoms with Gasteiger partial charge in [0.05, 0.1) is 0 Å². The van der Waals surface area contributed by atoms with E-state index in [1.807, 2.05) is 5.92 Å². The average molecular weight is 124 g/mol. The number of fused-ring (bicyclic) bond motifs is 1. The second kappa shape index (κ2) is 2.30. The van der Waals surface area contributed by atoms with Gasteiger partial charge in [0.1, 0.15) is 0 Å². The predicted molar refractivity (Wildman–Crippen MR) is 38.1 cm³/mol. The minimum atomic E-state index is 0.971. The highest BCUT2D eigenvalue weighted by atomic mass is 14.9. The van der Waals surface area contributed by atoms with Crippen LogP contribution in [0.3, 0.4) is 0 Å². The van der Waals surface area contributed by atoms with E-state index in [0.717, 1.165) is 5.92 Å². The summed E-state index contributed by atoms with van der Waals surface area (Å²) in [6, 6.07) is 0. The lowest BCUT2D eigenvalue weighted by atomic mass is 9.90. The molecule has 51 valence electrons. The molecule has 1 aliphatic carbocycles. The second-order valence-electron chi connectivity index (χ2n) is 3.20. The van der Waals surface area contributed by atoms with Gasteiger partial charge in [-0.1, -0.05) is 6.42 Å². The molecule has 1 unspecified atom stereocenters. The Labute approximate surface area is 56.8 Å². The molecule has 1 nitrogen and oxygen atoms in total. The van der Waals surface area contributed by atoms with Crippen molar-refractivity contribution in [2.24, 2.45) is 5.92 Å². The number of hydrogen-bond donors (Lipinski definition) is 1. The molecule has 1 radical (unpaired) electrons. The van der Waals surface area contributed by atoms with Crippen molar-refractivity contribution in [1.29, 1.82) is 0 Å². The van der Waals surface area contributed by atoms with E-state index in [0.29, 0.717) is 0 Å². The molecule has 0 spiro atoms. The first-order valence-corrected chi connectivity index (χ1v) is 4.02. The van der Waals surface area contributed by atoms with Crippen molar-refractivity contribution in [3.8, 4) is 0 Å². The van der Waals surface area contributed by atoms with Crippen LogP contribution in [0.1, 0.15) is 25.7 Å². The van der Waals surface area contributed by atoms with Crippen LogP contribution in [0.25, 0.3) is 0 Å². The molecular formula is C8H14N. The zero-order valence-corrected chi connectivity index (χ0v) is 5.82. The Balaban J connectivity index is 1.97. The van der Waals surface area contributed by atoms with Gasteiger partial charge in [-0.05, 0) is 44.2 Å². The van der Waals surface area contributed by atoms with E-state index in [-0.39, 0.29) is 0 Å². The Morgan fingerprint density at radius 1 is 1.33 bits per heavy atom. The summed E-state index contributed by atoms with van der Waals surface area (Å²) in [4.78, 5) is 0. The molecule has 9 heavy (non-hydrogen) atoms.